The van der Waals surface area contributed by atoms with Crippen molar-refractivity contribution in [3.63, 3.8) is 0 Å². The van der Waals surface area contributed by atoms with E-state index in [2.05, 4.69) is 10.3 Å². The SMILES string of the molecule is CNC(c1cncc(OC)c1)c1cccc(F)c1F. The lowest BCUT2D eigenvalue weighted by Crippen LogP contribution is -2.19. The molecular weight excluding hydrogens is 250 g/mol. The van der Waals surface area contributed by atoms with Crippen LogP contribution in [0.4, 0.5) is 8.78 Å². The van der Waals surface area contributed by atoms with Gasteiger partial charge in [0.05, 0.1) is 19.3 Å². The van der Waals surface area contributed by atoms with E-state index in [0.29, 0.717) is 11.3 Å². The Kier molecular flexibility index (Phi) is 4.06. The number of hydrogen-bond donors (Lipinski definition) is 1. The van der Waals surface area contributed by atoms with Crippen LogP contribution >= 0.6 is 0 Å². The molecule has 3 nitrogen and oxygen atoms in total. The van der Waals surface area contributed by atoms with E-state index in [9.17, 15) is 8.78 Å². The van der Waals surface area contributed by atoms with Gasteiger partial charge in [0.1, 0.15) is 5.75 Å². The van der Waals surface area contributed by atoms with Crippen molar-refractivity contribution in [2.75, 3.05) is 14.2 Å². The molecule has 19 heavy (non-hydrogen) atoms. The van der Waals surface area contributed by atoms with Gasteiger partial charge in [-0.1, -0.05) is 12.1 Å². The molecule has 0 aliphatic rings. The average Bonchev–Trinajstić information content (AvgIpc) is 2.44. The minimum absolute atomic E-state index is 0.234. The molecule has 0 saturated carbocycles. The lowest BCUT2D eigenvalue weighted by atomic mass is 9.99. The van der Waals surface area contributed by atoms with E-state index in [-0.39, 0.29) is 5.56 Å². The third-order valence-corrected chi connectivity index (χ3v) is 2.88. The predicted octanol–water partition coefficient (Wildman–Crippen LogP) is 2.68. The van der Waals surface area contributed by atoms with Crippen LogP contribution in [0.2, 0.25) is 0 Å². The normalized spacial score (nSPS) is 12.2. The number of halogens is 2. The van der Waals surface area contributed by atoms with Crippen molar-refractivity contribution in [1.82, 2.24) is 10.3 Å². The molecule has 0 radical (unpaired) electrons. The standard InChI is InChI=1S/C14H14F2N2O/c1-17-14(9-6-10(19-2)8-18-7-9)11-4-3-5-12(15)13(11)16/h3-8,14,17H,1-2H3. The second kappa shape index (κ2) is 5.75. The molecule has 1 heterocycles. The monoisotopic (exact) mass is 264 g/mol. The number of aromatic nitrogens is 1. The molecule has 0 amide bonds. The average molecular weight is 264 g/mol. The van der Waals surface area contributed by atoms with Crippen molar-refractivity contribution < 1.29 is 13.5 Å². The molecule has 0 saturated heterocycles. The van der Waals surface area contributed by atoms with Gasteiger partial charge in [-0.05, 0) is 24.7 Å². The lowest BCUT2D eigenvalue weighted by molar-refractivity contribution is 0.411. The Bertz CT molecular complexity index is 575. The van der Waals surface area contributed by atoms with E-state index >= 15 is 0 Å². The van der Waals surface area contributed by atoms with Crippen LogP contribution in [-0.4, -0.2) is 19.1 Å². The maximum atomic E-state index is 13.8. The van der Waals surface area contributed by atoms with E-state index in [1.165, 1.54) is 13.2 Å². The van der Waals surface area contributed by atoms with Crippen molar-refractivity contribution in [1.29, 1.82) is 0 Å². The van der Waals surface area contributed by atoms with Gasteiger partial charge in [0, 0.05) is 11.8 Å². The highest BCUT2D eigenvalue weighted by molar-refractivity contribution is 5.35. The molecule has 5 heteroatoms. The third-order valence-electron chi connectivity index (χ3n) is 2.88. The van der Waals surface area contributed by atoms with Gasteiger partial charge in [-0.3, -0.25) is 4.98 Å². The zero-order valence-corrected chi connectivity index (χ0v) is 10.7. The number of nitrogens with zero attached hydrogens (tertiary/aromatic N) is 1. The fraction of sp³-hybridized carbons (Fsp3) is 0.214. The fourth-order valence-corrected chi connectivity index (χ4v) is 1.95. The number of ether oxygens (including phenoxy) is 1. The first-order chi connectivity index (χ1) is 9.17. The van der Waals surface area contributed by atoms with Crippen molar-refractivity contribution in [2.24, 2.45) is 0 Å². The summed E-state index contributed by atoms with van der Waals surface area (Å²) in [7, 11) is 3.20. The summed E-state index contributed by atoms with van der Waals surface area (Å²) < 4.78 is 32.2. The zero-order chi connectivity index (χ0) is 13.8. The van der Waals surface area contributed by atoms with E-state index in [1.807, 2.05) is 0 Å². The summed E-state index contributed by atoms with van der Waals surface area (Å²) in [5.74, 6) is -1.16. The maximum absolute atomic E-state index is 13.8. The number of nitrogens with one attached hydrogen (secondary N) is 1. The van der Waals surface area contributed by atoms with Crippen molar-refractivity contribution >= 4 is 0 Å². The highest BCUT2D eigenvalue weighted by atomic mass is 19.2. The van der Waals surface area contributed by atoms with Gasteiger partial charge in [-0.25, -0.2) is 8.78 Å². The van der Waals surface area contributed by atoms with Gasteiger partial charge in [-0.2, -0.15) is 0 Å². The van der Waals surface area contributed by atoms with Crippen LogP contribution in [0.25, 0.3) is 0 Å². The quantitative estimate of drug-likeness (QED) is 0.922. The van der Waals surface area contributed by atoms with E-state index in [1.54, 1.807) is 31.6 Å². The first kappa shape index (κ1) is 13.4. The summed E-state index contributed by atoms with van der Waals surface area (Å²) >= 11 is 0. The van der Waals surface area contributed by atoms with Gasteiger partial charge in [0.15, 0.2) is 11.6 Å². The maximum Gasteiger partial charge on any atom is 0.163 e. The number of methoxy groups -OCH3 is 1. The molecule has 1 aromatic carbocycles. The molecule has 1 aromatic heterocycles. The van der Waals surface area contributed by atoms with Crippen LogP contribution in [0.15, 0.2) is 36.7 Å². The van der Waals surface area contributed by atoms with Gasteiger partial charge < -0.3 is 10.1 Å². The largest absolute Gasteiger partial charge is 0.495 e. The minimum Gasteiger partial charge on any atom is -0.495 e. The van der Waals surface area contributed by atoms with Gasteiger partial charge in [-0.15, -0.1) is 0 Å². The van der Waals surface area contributed by atoms with Crippen molar-refractivity contribution in [2.45, 2.75) is 6.04 Å². The van der Waals surface area contributed by atoms with Crippen LogP contribution in [0.3, 0.4) is 0 Å². The number of benzene rings is 1. The van der Waals surface area contributed by atoms with Crippen LogP contribution < -0.4 is 10.1 Å². The van der Waals surface area contributed by atoms with Crippen LogP contribution in [0.5, 0.6) is 5.75 Å². The van der Waals surface area contributed by atoms with Crippen LogP contribution in [0.1, 0.15) is 17.2 Å². The lowest BCUT2D eigenvalue weighted by Gasteiger charge is -2.18. The second-order valence-electron chi connectivity index (χ2n) is 4.02. The Labute approximate surface area is 110 Å². The Morgan fingerprint density at radius 1 is 1.26 bits per heavy atom. The molecule has 0 fully saturated rings. The molecule has 2 aromatic rings. The fourth-order valence-electron chi connectivity index (χ4n) is 1.95. The predicted molar refractivity (Wildman–Crippen MR) is 68.0 cm³/mol. The number of pyridine rings is 1. The second-order valence-corrected chi connectivity index (χ2v) is 4.02. The summed E-state index contributed by atoms with van der Waals surface area (Å²) in [6, 6.07) is 5.36. The minimum atomic E-state index is -0.867. The van der Waals surface area contributed by atoms with Crippen LogP contribution in [-0.2, 0) is 0 Å². The first-order valence-electron chi connectivity index (χ1n) is 5.77. The number of hydrogen-bond acceptors (Lipinski definition) is 3. The van der Waals surface area contributed by atoms with Crippen molar-refractivity contribution in [3.8, 4) is 5.75 Å². The summed E-state index contributed by atoms with van der Waals surface area (Å²) in [6.07, 6.45) is 3.15. The highest BCUT2D eigenvalue weighted by Gasteiger charge is 2.19. The summed E-state index contributed by atoms with van der Waals surface area (Å²) in [6.45, 7) is 0. The highest BCUT2D eigenvalue weighted by Crippen LogP contribution is 2.26. The van der Waals surface area contributed by atoms with Crippen LogP contribution in [0, 0.1) is 11.6 Å². The third kappa shape index (κ3) is 2.71. The summed E-state index contributed by atoms with van der Waals surface area (Å²) in [4.78, 5) is 4.02. The number of rotatable bonds is 4. The molecule has 1 N–H and O–H groups in total. The first-order valence-corrected chi connectivity index (χ1v) is 5.77. The summed E-state index contributed by atoms with van der Waals surface area (Å²) in [5.41, 5.74) is 0.934. The van der Waals surface area contributed by atoms with Crippen molar-refractivity contribution in [3.05, 3.63) is 59.4 Å². The molecule has 0 spiro atoms. The molecule has 1 atom stereocenters. The molecule has 2 rings (SSSR count). The summed E-state index contributed by atoms with van der Waals surface area (Å²) in [5, 5.41) is 2.95. The molecule has 0 bridgehead atoms. The Morgan fingerprint density at radius 3 is 2.74 bits per heavy atom. The molecule has 0 aliphatic heterocycles. The molecule has 0 aliphatic carbocycles. The van der Waals surface area contributed by atoms with E-state index in [0.717, 1.165) is 6.07 Å². The molecule has 1 unspecified atom stereocenters. The van der Waals surface area contributed by atoms with E-state index in [4.69, 9.17) is 4.74 Å². The van der Waals surface area contributed by atoms with Gasteiger partial charge in [0.2, 0.25) is 0 Å². The Morgan fingerprint density at radius 2 is 2.05 bits per heavy atom. The Hall–Kier alpha value is -2.01. The van der Waals surface area contributed by atoms with Gasteiger partial charge >= 0.3 is 0 Å². The van der Waals surface area contributed by atoms with Gasteiger partial charge in [0.25, 0.3) is 0 Å². The Balaban J connectivity index is 2.46. The topological polar surface area (TPSA) is 34.2 Å². The molecule has 100 valence electrons. The smallest absolute Gasteiger partial charge is 0.163 e. The molecular formula is C14H14F2N2O. The zero-order valence-electron chi connectivity index (χ0n) is 10.7. The van der Waals surface area contributed by atoms with E-state index < -0.39 is 17.7 Å².